The van der Waals surface area contributed by atoms with E-state index >= 15 is 0 Å². The van der Waals surface area contributed by atoms with Crippen molar-refractivity contribution < 1.29 is 32.0 Å². The minimum absolute atomic E-state index is 0. The van der Waals surface area contributed by atoms with Gasteiger partial charge >= 0.3 is 6.18 Å². The number of rotatable bonds is 6. The summed E-state index contributed by atoms with van der Waals surface area (Å²) in [4.78, 5) is 14.3. The van der Waals surface area contributed by atoms with Crippen molar-refractivity contribution in [2.24, 2.45) is 0 Å². The number of benzene rings is 1. The summed E-state index contributed by atoms with van der Waals surface area (Å²) in [6.45, 7) is 0.782. The molecule has 0 unspecified atom stereocenters. The number of ether oxygens (including phenoxy) is 1. The second-order valence-electron chi connectivity index (χ2n) is 6.58. The fourth-order valence-corrected chi connectivity index (χ4v) is 2.85. The molecule has 0 aliphatic heterocycles. The zero-order valence-electron chi connectivity index (χ0n) is 17.4. The van der Waals surface area contributed by atoms with Gasteiger partial charge in [0.1, 0.15) is 18.2 Å². The topological polar surface area (TPSA) is 89.2 Å². The third-order valence-corrected chi connectivity index (χ3v) is 4.20. The minimum atomic E-state index is -4.58. The molecular formula is C19H24F6N6O. The number of pyridine rings is 1. The van der Waals surface area contributed by atoms with Crippen LogP contribution in [0.3, 0.4) is 0 Å². The fourth-order valence-electron chi connectivity index (χ4n) is 2.85. The van der Waals surface area contributed by atoms with Gasteiger partial charge in [-0.1, -0.05) is 6.07 Å². The van der Waals surface area contributed by atoms with Crippen LogP contribution in [0.15, 0.2) is 30.3 Å². The monoisotopic (exact) mass is 466 g/mol. The van der Waals surface area contributed by atoms with Gasteiger partial charge in [-0.25, -0.2) is 4.98 Å². The van der Waals surface area contributed by atoms with E-state index in [1.165, 1.54) is 18.2 Å². The molecule has 0 aliphatic rings. The first kappa shape index (κ1) is 28.6. The first-order valence-corrected chi connectivity index (χ1v) is 8.81. The van der Waals surface area contributed by atoms with Crippen molar-refractivity contribution in [3.8, 4) is 17.0 Å². The second-order valence-corrected chi connectivity index (χ2v) is 6.58. The van der Waals surface area contributed by atoms with Gasteiger partial charge in [-0.3, -0.25) is 14.1 Å². The predicted molar refractivity (Wildman–Crippen MR) is 113 cm³/mol. The van der Waals surface area contributed by atoms with Gasteiger partial charge in [-0.15, -0.1) is 0 Å². The van der Waals surface area contributed by atoms with Gasteiger partial charge in [0.05, 0.1) is 22.2 Å². The van der Waals surface area contributed by atoms with Crippen molar-refractivity contribution in [3.63, 3.8) is 0 Å². The number of alkyl halides is 3. The van der Waals surface area contributed by atoms with Crippen LogP contribution in [-0.2, 0) is 6.18 Å². The molecule has 0 atom stereocenters. The van der Waals surface area contributed by atoms with E-state index in [0.717, 1.165) is 6.07 Å². The lowest BCUT2D eigenvalue weighted by Crippen LogP contribution is -2.20. The largest absolute Gasteiger partial charge is 0.492 e. The summed E-state index contributed by atoms with van der Waals surface area (Å²) in [5.74, 6) is 0.514. The van der Waals surface area contributed by atoms with E-state index in [2.05, 4.69) is 20.3 Å². The van der Waals surface area contributed by atoms with Crippen molar-refractivity contribution in [2.75, 3.05) is 45.3 Å². The highest BCUT2D eigenvalue weighted by Gasteiger charge is 2.35. The van der Waals surface area contributed by atoms with Gasteiger partial charge < -0.3 is 20.7 Å². The highest BCUT2D eigenvalue weighted by Crippen LogP contribution is 2.42. The average molecular weight is 466 g/mol. The Balaban J connectivity index is 0.00000320. The van der Waals surface area contributed by atoms with Crippen molar-refractivity contribution in [1.29, 1.82) is 0 Å². The summed E-state index contributed by atoms with van der Waals surface area (Å²) in [5, 5.41) is 3.42. The predicted octanol–water partition coefficient (Wildman–Crippen LogP) is 3.73. The number of hydrogen-bond donors (Lipinski definition) is 2. The van der Waals surface area contributed by atoms with E-state index in [9.17, 15) is 13.2 Å². The van der Waals surface area contributed by atoms with E-state index in [-0.39, 0.29) is 49.3 Å². The van der Waals surface area contributed by atoms with Crippen molar-refractivity contribution in [2.45, 2.75) is 6.18 Å². The lowest BCUT2D eigenvalue weighted by Gasteiger charge is -2.18. The first-order chi connectivity index (χ1) is 13.7. The Morgan fingerprint density at radius 2 is 1.72 bits per heavy atom. The van der Waals surface area contributed by atoms with Gasteiger partial charge in [0.2, 0.25) is 5.95 Å². The number of nitrogens with one attached hydrogen (secondary N) is 1. The summed E-state index contributed by atoms with van der Waals surface area (Å²) >= 11 is 0. The SMILES string of the molecule is CNc1nc(N)nc2nc(-c3c(OCCN(C)C)cccc3C(F)(F)F)ccc12.F.F.F. The highest BCUT2D eigenvalue weighted by atomic mass is 19.4. The Kier molecular flexibility index (Phi) is 10.1. The third-order valence-electron chi connectivity index (χ3n) is 4.20. The molecular weight excluding hydrogens is 442 g/mol. The molecule has 0 bridgehead atoms. The van der Waals surface area contributed by atoms with Crippen LogP contribution >= 0.6 is 0 Å². The molecule has 7 nitrogen and oxygen atoms in total. The van der Waals surface area contributed by atoms with Crippen LogP contribution in [0.5, 0.6) is 5.75 Å². The summed E-state index contributed by atoms with van der Waals surface area (Å²) in [6, 6.07) is 6.93. The summed E-state index contributed by atoms with van der Waals surface area (Å²) in [6.07, 6.45) is -4.58. The van der Waals surface area contributed by atoms with Crippen LogP contribution in [0.1, 0.15) is 5.56 Å². The number of nitrogens with zero attached hydrogens (tertiary/aromatic N) is 4. The lowest BCUT2D eigenvalue weighted by molar-refractivity contribution is -0.137. The second kappa shape index (κ2) is 11.3. The van der Waals surface area contributed by atoms with E-state index in [4.69, 9.17) is 10.5 Å². The standard InChI is InChI=1S/C19H21F3N6O.3FH/c1-24-16-11-7-8-13(25-17(11)27-18(23)26-16)15-12(19(20,21)22)5-4-6-14(15)29-10-9-28(2)3;;;/h4-8H,9-10H2,1-3H3,(H3,23,24,25,26,27);3*1H. The molecule has 0 radical (unpaired) electrons. The zero-order chi connectivity index (χ0) is 21.2. The molecule has 3 N–H and O–H groups in total. The molecule has 0 aliphatic carbocycles. The van der Waals surface area contributed by atoms with E-state index in [0.29, 0.717) is 17.7 Å². The molecule has 3 rings (SSSR count). The average Bonchev–Trinajstić information content (AvgIpc) is 2.65. The number of hydrogen-bond acceptors (Lipinski definition) is 7. The van der Waals surface area contributed by atoms with E-state index < -0.39 is 11.7 Å². The van der Waals surface area contributed by atoms with Gasteiger partial charge in [-0.2, -0.15) is 23.1 Å². The number of halogens is 6. The zero-order valence-corrected chi connectivity index (χ0v) is 17.4. The smallest absolute Gasteiger partial charge is 0.417 e. The van der Waals surface area contributed by atoms with Crippen LogP contribution in [0, 0.1) is 0 Å². The molecule has 0 spiro atoms. The van der Waals surface area contributed by atoms with Gasteiger partial charge in [-0.05, 0) is 38.4 Å². The highest BCUT2D eigenvalue weighted by molar-refractivity contribution is 5.89. The number of nitrogen functional groups attached to an aromatic ring is 1. The lowest BCUT2D eigenvalue weighted by atomic mass is 10.0. The van der Waals surface area contributed by atoms with E-state index in [1.807, 2.05) is 19.0 Å². The molecule has 0 saturated heterocycles. The Morgan fingerprint density at radius 3 is 2.31 bits per heavy atom. The molecule has 32 heavy (non-hydrogen) atoms. The summed E-state index contributed by atoms with van der Waals surface area (Å²) in [5.41, 5.74) is 5.01. The minimum Gasteiger partial charge on any atom is -0.492 e. The number of likely N-dealkylation sites (N-methyl/N-ethyl adjacent to an activating group) is 1. The molecule has 2 aromatic heterocycles. The number of nitrogens with two attached hydrogens (primary N) is 1. The number of anilines is 2. The summed E-state index contributed by atoms with van der Waals surface area (Å²) < 4.78 is 46.8. The molecule has 13 heteroatoms. The number of fused-ring (bicyclic) bond motifs is 1. The first-order valence-electron chi connectivity index (χ1n) is 8.81. The van der Waals surface area contributed by atoms with Gasteiger partial charge in [0, 0.05) is 13.6 Å². The Hall–Kier alpha value is -3.35. The van der Waals surface area contributed by atoms with Crippen molar-refractivity contribution in [1.82, 2.24) is 19.9 Å². The maximum Gasteiger partial charge on any atom is 0.417 e. The third kappa shape index (κ3) is 6.09. The van der Waals surface area contributed by atoms with Crippen LogP contribution in [0.4, 0.5) is 39.1 Å². The molecule has 2 heterocycles. The van der Waals surface area contributed by atoms with Crippen LogP contribution in [0.2, 0.25) is 0 Å². The summed E-state index contributed by atoms with van der Waals surface area (Å²) in [7, 11) is 5.36. The fraction of sp³-hybridized carbons (Fsp3) is 0.316. The Labute approximate surface area is 179 Å². The van der Waals surface area contributed by atoms with Gasteiger partial charge in [0.15, 0.2) is 5.65 Å². The molecule has 0 amide bonds. The van der Waals surface area contributed by atoms with Crippen molar-refractivity contribution >= 4 is 22.8 Å². The van der Waals surface area contributed by atoms with E-state index in [1.54, 1.807) is 13.1 Å². The number of aromatic nitrogens is 3. The molecule has 1 aromatic carbocycles. The maximum absolute atomic E-state index is 13.7. The van der Waals surface area contributed by atoms with Gasteiger partial charge in [0.25, 0.3) is 0 Å². The normalized spacial score (nSPS) is 10.7. The molecule has 0 fully saturated rings. The maximum atomic E-state index is 13.7. The van der Waals surface area contributed by atoms with Crippen LogP contribution in [-0.4, -0.2) is 54.1 Å². The Morgan fingerprint density at radius 1 is 1.03 bits per heavy atom. The molecule has 178 valence electrons. The quantitative estimate of drug-likeness (QED) is 0.535. The van der Waals surface area contributed by atoms with Crippen LogP contribution < -0.4 is 15.8 Å². The molecule has 0 saturated carbocycles. The Bertz CT molecular complexity index is 1030. The molecule has 3 aromatic rings. The van der Waals surface area contributed by atoms with Crippen molar-refractivity contribution in [3.05, 3.63) is 35.9 Å². The van der Waals surface area contributed by atoms with Crippen LogP contribution in [0.25, 0.3) is 22.3 Å².